The lowest BCUT2D eigenvalue weighted by molar-refractivity contribution is -0.141. The standard InChI is InChI=1S/C20H22ClNO4/c1-12-17(20(24)26-11-10-25-2)18(13-6-8-14(21)9-7-13)19-15(22-12)4-3-5-16(19)23/h3,5-9,15,18-19,22H,4,10-11H2,1-2H3/t15-,18-,19+/m1/s1. The van der Waals surface area contributed by atoms with Gasteiger partial charge in [0.1, 0.15) is 6.61 Å². The molecule has 0 saturated carbocycles. The lowest BCUT2D eigenvalue weighted by Crippen LogP contribution is -2.49. The summed E-state index contributed by atoms with van der Waals surface area (Å²) in [6.45, 7) is 2.35. The van der Waals surface area contributed by atoms with E-state index in [0.29, 0.717) is 17.2 Å². The molecule has 0 spiro atoms. The van der Waals surface area contributed by atoms with Crippen LogP contribution in [0.15, 0.2) is 47.7 Å². The first-order valence-corrected chi connectivity index (χ1v) is 9.00. The third-order valence-corrected chi connectivity index (χ3v) is 5.13. The van der Waals surface area contributed by atoms with Crippen LogP contribution in [-0.2, 0) is 19.1 Å². The summed E-state index contributed by atoms with van der Waals surface area (Å²) in [6.07, 6.45) is 4.23. The summed E-state index contributed by atoms with van der Waals surface area (Å²) in [5.74, 6) is -1.13. The first kappa shape index (κ1) is 18.7. The summed E-state index contributed by atoms with van der Waals surface area (Å²) >= 11 is 6.02. The van der Waals surface area contributed by atoms with Crippen molar-refractivity contribution in [1.29, 1.82) is 0 Å². The van der Waals surface area contributed by atoms with Crippen molar-refractivity contribution in [3.05, 3.63) is 58.3 Å². The molecule has 0 unspecified atom stereocenters. The molecule has 0 fully saturated rings. The molecule has 1 aromatic rings. The van der Waals surface area contributed by atoms with Crippen molar-refractivity contribution >= 4 is 23.4 Å². The number of methoxy groups -OCH3 is 1. The summed E-state index contributed by atoms with van der Waals surface area (Å²) in [5, 5.41) is 3.94. The van der Waals surface area contributed by atoms with Crippen LogP contribution >= 0.6 is 11.6 Å². The van der Waals surface area contributed by atoms with Gasteiger partial charge in [0, 0.05) is 29.8 Å². The highest BCUT2D eigenvalue weighted by molar-refractivity contribution is 6.30. The van der Waals surface area contributed by atoms with Crippen LogP contribution in [0.25, 0.3) is 0 Å². The molecule has 0 bridgehead atoms. The number of ether oxygens (including phenoxy) is 2. The number of halogens is 1. The van der Waals surface area contributed by atoms with Gasteiger partial charge in [0.05, 0.1) is 18.1 Å². The Balaban J connectivity index is 2.02. The van der Waals surface area contributed by atoms with Crippen LogP contribution in [0.5, 0.6) is 0 Å². The molecule has 6 heteroatoms. The Morgan fingerprint density at radius 2 is 2.00 bits per heavy atom. The quantitative estimate of drug-likeness (QED) is 0.633. The van der Waals surface area contributed by atoms with Gasteiger partial charge in [-0.15, -0.1) is 0 Å². The van der Waals surface area contributed by atoms with Crippen molar-refractivity contribution in [3.63, 3.8) is 0 Å². The van der Waals surface area contributed by atoms with Gasteiger partial charge in [0.15, 0.2) is 5.78 Å². The van der Waals surface area contributed by atoms with Crippen LogP contribution in [0.1, 0.15) is 24.8 Å². The van der Waals surface area contributed by atoms with E-state index < -0.39 is 5.97 Å². The Hall–Kier alpha value is -2.11. The zero-order chi connectivity index (χ0) is 18.7. The molecule has 3 rings (SSSR count). The second-order valence-electron chi connectivity index (χ2n) is 6.51. The van der Waals surface area contributed by atoms with Crippen molar-refractivity contribution in [2.75, 3.05) is 20.3 Å². The molecule has 0 radical (unpaired) electrons. The summed E-state index contributed by atoms with van der Waals surface area (Å²) in [6, 6.07) is 7.26. The van der Waals surface area contributed by atoms with Crippen LogP contribution < -0.4 is 5.32 Å². The lowest BCUT2D eigenvalue weighted by atomic mass is 9.69. The highest BCUT2D eigenvalue weighted by Crippen LogP contribution is 2.42. The Bertz CT molecular complexity index is 754. The number of benzene rings is 1. The van der Waals surface area contributed by atoms with Gasteiger partial charge in [0.25, 0.3) is 0 Å². The van der Waals surface area contributed by atoms with E-state index >= 15 is 0 Å². The predicted molar refractivity (Wildman–Crippen MR) is 98.9 cm³/mol. The molecular formula is C20H22ClNO4. The number of allylic oxidation sites excluding steroid dienone is 2. The largest absolute Gasteiger partial charge is 0.460 e. The molecule has 138 valence electrons. The number of hydrogen-bond donors (Lipinski definition) is 1. The first-order chi connectivity index (χ1) is 12.5. The van der Waals surface area contributed by atoms with Crippen molar-refractivity contribution in [2.24, 2.45) is 5.92 Å². The molecule has 1 aliphatic carbocycles. The minimum absolute atomic E-state index is 0.0170. The summed E-state index contributed by atoms with van der Waals surface area (Å²) in [5.41, 5.74) is 2.12. The van der Waals surface area contributed by atoms with Crippen LogP contribution in [0.3, 0.4) is 0 Å². The van der Waals surface area contributed by atoms with Crippen molar-refractivity contribution in [2.45, 2.75) is 25.3 Å². The van der Waals surface area contributed by atoms with Crippen LogP contribution in [0.2, 0.25) is 5.02 Å². The van der Waals surface area contributed by atoms with Crippen LogP contribution in [0, 0.1) is 5.92 Å². The molecule has 1 heterocycles. The number of rotatable bonds is 5. The highest BCUT2D eigenvalue weighted by atomic mass is 35.5. The summed E-state index contributed by atoms with van der Waals surface area (Å²) in [4.78, 5) is 25.5. The van der Waals surface area contributed by atoms with Gasteiger partial charge >= 0.3 is 5.97 Å². The molecular weight excluding hydrogens is 354 g/mol. The van der Waals surface area contributed by atoms with Gasteiger partial charge < -0.3 is 14.8 Å². The summed E-state index contributed by atoms with van der Waals surface area (Å²) in [7, 11) is 1.55. The maximum atomic E-state index is 12.8. The number of hydrogen-bond acceptors (Lipinski definition) is 5. The molecule has 1 N–H and O–H groups in total. The fourth-order valence-corrected chi connectivity index (χ4v) is 3.85. The number of carbonyl (C=O) groups excluding carboxylic acids is 2. The molecule has 5 nitrogen and oxygen atoms in total. The number of nitrogens with one attached hydrogen (secondary N) is 1. The number of esters is 1. The molecule has 26 heavy (non-hydrogen) atoms. The molecule has 0 saturated heterocycles. The van der Waals surface area contributed by atoms with Crippen molar-refractivity contribution in [1.82, 2.24) is 5.32 Å². The zero-order valence-corrected chi connectivity index (χ0v) is 15.6. The fraction of sp³-hybridized carbons (Fsp3) is 0.400. The predicted octanol–water partition coefficient (Wildman–Crippen LogP) is 3.00. The van der Waals surface area contributed by atoms with Crippen LogP contribution in [-0.4, -0.2) is 38.1 Å². The van der Waals surface area contributed by atoms with Gasteiger partial charge in [-0.1, -0.05) is 29.8 Å². The van der Waals surface area contributed by atoms with E-state index in [1.54, 1.807) is 25.3 Å². The number of carbonyl (C=O) groups is 2. The fourth-order valence-electron chi connectivity index (χ4n) is 3.72. The van der Waals surface area contributed by atoms with E-state index in [1.807, 2.05) is 25.1 Å². The molecule has 3 atom stereocenters. The minimum Gasteiger partial charge on any atom is -0.460 e. The SMILES string of the molecule is COCCOC(=O)C1=C(C)N[C@@H]2CC=CC(=O)[C@H]2[C@@H]1c1ccc(Cl)cc1. The second kappa shape index (κ2) is 8.06. The van der Waals surface area contributed by atoms with E-state index in [0.717, 1.165) is 17.7 Å². The summed E-state index contributed by atoms with van der Waals surface area (Å²) < 4.78 is 10.3. The molecule has 1 aliphatic heterocycles. The first-order valence-electron chi connectivity index (χ1n) is 8.62. The molecule has 0 aromatic heterocycles. The second-order valence-corrected chi connectivity index (χ2v) is 6.95. The van der Waals surface area contributed by atoms with E-state index in [1.165, 1.54) is 0 Å². The number of fused-ring (bicyclic) bond motifs is 1. The lowest BCUT2D eigenvalue weighted by Gasteiger charge is -2.41. The van der Waals surface area contributed by atoms with Crippen molar-refractivity contribution < 1.29 is 19.1 Å². The molecule has 2 aliphatic rings. The monoisotopic (exact) mass is 375 g/mol. The average molecular weight is 376 g/mol. The third kappa shape index (κ3) is 3.69. The topological polar surface area (TPSA) is 64.6 Å². The van der Waals surface area contributed by atoms with Crippen molar-refractivity contribution in [3.8, 4) is 0 Å². The normalized spacial score (nSPS) is 24.9. The Kier molecular flexibility index (Phi) is 5.79. The van der Waals surface area contributed by atoms with Gasteiger partial charge in [-0.25, -0.2) is 4.79 Å². The molecule has 0 amide bonds. The maximum Gasteiger partial charge on any atom is 0.336 e. The molecule has 1 aromatic carbocycles. The Morgan fingerprint density at radius 1 is 1.27 bits per heavy atom. The van der Waals surface area contributed by atoms with Gasteiger partial charge in [-0.2, -0.15) is 0 Å². The Labute approximate surface area is 158 Å². The Morgan fingerprint density at radius 3 is 2.69 bits per heavy atom. The maximum absolute atomic E-state index is 12.8. The highest BCUT2D eigenvalue weighted by Gasteiger charge is 2.44. The zero-order valence-electron chi connectivity index (χ0n) is 14.8. The van der Waals surface area contributed by atoms with Gasteiger partial charge in [0.2, 0.25) is 0 Å². The third-order valence-electron chi connectivity index (χ3n) is 4.88. The van der Waals surface area contributed by atoms with E-state index in [4.69, 9.17) is 21.1 Å². The number of ketones is 1. The van der Waals surface area contributed by atoms with Gasteiger partial charge in [-0.3, -0.25) is 4.79 Å². The van der Waals surface area contributed by atoms with Crippen LogP contribution in [0.4, 0.5) is 0 Å². The van der Waals surface area contributed by atoms with E-state index in [9.17, 15) is 9.59 Å². The average Bonchev–Trinajstić information content (AvgIpc) is 2.61. The van der Waals surface area contributed by atoms with E-state index in [-0.39, 0.29) is 30.3 Å². The minimum atomic E-state index is -0.423. The van der Waals surface area contributed by atoms with E-state index in [2.05, 4.69) is 5.32 Å². The van der Waals surface area contributed by atoms with Gasteiger partial charge in [-0.05, 0) is 37.1 Å². The smallest absolute Gasteiger partial charge is 0.336 e.